The summed E-state index contributed by atoms with van der Waals surface area (Å²) in [6.45, 7) is 13.4. The summed E-state index contributed by atoms with van der Waals surface area (Å²) in [6.07, 6.45) is 8.56. The van der Waals surface area contributed by atoms with Crippen molar-refractivity contribution in [1.29, 1.82) is 0 Å². The van der Waals surface area contributed by atoms with E-state index in [9.17, 15) is 10.2 Å². The van der Waals surface area contributed by atoms with E-state index in [0.29, 0.717) is 18.4 Å². The summed E-state index contributed by atoms with van der Waals surface area (Å²) in [5.41, 5.74) is 1.14. The highest BCUT2D eigenvalue weighted by Gasteiger charge is 2.54. The number of fused-ring (bicyclic) bond motifs is 1. The molecule has 0 spiro atoms. The van der Waals surface area contributed by atoms with Crippen molar-refractivity contribution in [2.24, 2.45) is 22.7 Å². The molecule has 0 amide bonds. The summed E-state index contributed by atoms with van der Waals surface area (Å²) < 4.78 is 0. The lowest BCUT2D eigenvalue weighted by Crippen LogP contribution is -2.52. The molecule has 0 aliphatic heterocycles. The van der Waals surface area contributed by atoms with Crippen molar-refractivity contribution >= 4 is 0 Å². The van der Waals surface area contributed by atoms with Crippen LogP contribution in [0.1, 0.15) is 79.1 Å². The van der Waals surface area contributed by atoms with E-state index >= 15 is 0 Å². The van der Waals surface area contributed by atoms with Crippen LogP contribution in [-0.2, 0) is 0 Å². The second-order valence-electron chi connectivity index (χ2n) is 8.86. The molecule has 5 atom stereocenters. The molecular formula is C20H36O2. The summed E-state index contributed by atoms with van der Waals surface area (Å²) in [5.74, 6) is 1.08. The Bertz CT molecular complexity index is 414. The van der Waals surface area contributed by atoms with Crippen LogP contribution in [0.3, 0.4) is 0 Å². The average Bonchev–Trinajstić information content (AvgIpc) is 2.46. The molecule has 2 heteroatoms. The highest BCUT2D eigenvalue weighted by atomic mass is 16.3. The molecule has 2 aliphatic carbocycles. The van der Waals surface area contributed by atoms with E-state index in [1.54, 1.807) is 0 Å². The van der Waals surface area contributed by atoms with E-state index in [1.165, 1.54) is 24.8 Å². The summed E-state index contributed by atoms with van der Waals surface area (Å²) in [6, 6.07) is 0. The Labute approximate surface area is 137 Å². The zero-order valence-electron chi connectivity index (χ0n) is 15.1. The van der Waals surface area contributed by atoms with Gasteiger partial charge in [-0.15, -0.1) is 0 Å². The van der Waals surface area contributed by atoms with Crippen LogP contribution in [0.15, 0.2) is 12.2 Å². The van der Waals surface area contributed by atoms with Crippen LogP contribution in [-0.4, -0.2) is 22.4 Å². The van der Waals surface area contributed by atoms with E-state index in [0.717, 1.165) is 32.1 Å². The number of allylic oxidation sites excluding steroid dienone is 1. The quantitative estimate of drug-likeness (QED) is 0.723. The highest BCUT2D eigenvalue weighted by Crippen LogP contribution is 2.61. The molecule has 2 rings (SSSR count). The van der Waals surface area contributed by atoms with Gasteiger partial charge in [0.15, 0.2) is 0 Å². The minimum absolute atomic E-state index is 0.0687. The smallest absolute Gasteiger partial charge is 0.0617 e. The van der Waals surface area contributed by atoms with Crippen LogP contribution >= 0.6 is 0 Å². The second-order valence-corrected chi connectivity index (χ2v) is 8.86. The summed E-state index contributed by atoms with van der Waals surface area (Å²) in [7, 11) is 0. The van der Waals surface area contributed by atoms with Gasteiger partial charge < -0.3 is 10.2 Å². The van der Waals surface area contributed by atoms with Gasteiger partial charge in [0.25, 0.3) is 0 Å². The minimum Gasteiger partial charge on any atom is -0.396 e. The predicted molar refractivity (Wildman–Crippen MR) is 92.7 cm³/mol. The summed E-state index contributed by atoms with van der Waals surface area (Å²) in [4.78, 5) is 0. The van der Waals surface area contributed by atoms with Crippen molar-refractivity contribution in [3.05, 3.63) is 12.2 Å². The maximum absolute atomic E-state index is 10.4. The normalized spacial score (nSPS) is 41.8. The van der Waals surface area contributed by atoms with Gasteiger partial charge in [0.1, 0.15) is 0 Å². The molecule has 2 N–H and O–H groups in total. The van der Waals surface area contributed by atoms with Crippen LogP contribution in [0, 0.1) is 22.7 Å². The van der Waals surface area contributed by atoms with Crippen molar-refractivity contribution in [3.8, 4) is 0 Å². The first kappa shape index (κ1) is 18.0. The number of rotatable bonds is 5. The van der Waals surface area contributed by atoms with Gasteiger partial charge in [-0.1, -0.05) is 39.3 Å². The second kappa shape index (κ2) is 6.28. The van der Waals surface area contributed by atoms with Gasteiger partial charge in [0.05, 0.1) is 5.60 Å². The topological polar surface area (TPSA) is 40.5 Å². The molecular weight excluding hydrogens is 272 g/mol. The molecule has 22 heavy (non-hydrogen) atoms. The molecule has 0 aromatic carbocycles. The molecule has 0 heterocycles. The zero-order valence-corrected chi connectivity index (χ0v) is 15.1. The monoisotopic (exact) mass is 308 g/mol. The van der Waals surface area contributed by atoms with Gasteiger partial charge in [-0.3, -0.25) is 0 Å². The van der Waals surface area contributed by atoms with Crippen LogP contribution in [0.2, 0.25) is 0 Å². The molecule has 0 aromatic heterocycles. The third kappa shape index (κ3) is 3.14. The van der Waals surface area contributed by atoms with Crippen LogP contribution in [0.25, 0.3) is 0 Å². The van der Waals surface area contributed by atoms with Crippen molar-refractivity contribution in [3.63, 3.8) is 0 Å². The van der Waals surface area contributed by atoms with Gasteiger partial charge in [-0.25, -0.2) is 0 Å². The summed E-state index contributed by atoms with van der Waals surface area (Å²) in [5, 5.41) is 20.4. The third-order valence-corrected chi connectivity index (χ3v) is 7.24. The number of hydrogen-bond donors (Lipinski definition) is 2. The van der Waals surface area contributed by atoms with E-state index in [2.05, 4.69) is 27.4 Å². The average molecular weight is 309 g/mol. The van der Waals surface area contributed by atoms with Crippen molar-refractivity contribution in [1.82, 2.24) is 0 Å². The molecule has 2 aliphatic rings. The SMILES string of the molecule is C=C1CCC2C(C)(CO)CCCC2(C)C1CCC(C)(O)CC. The Hall–Kier alpha value is -0.340. The largest absolute Gasteiger partial charge is 0.396 e. The predicted octanol–water partition coefficient (Wildman–Crippen LogP) is 4.70. The first-order chi connectivity index (χ1) is 10.2. The number of hydrogen-bond acceptors (Lipinski definition) is 2. The molecule has 2 saturated carbocycles. The maximum Gasteiger partial charge on any atom is 0.0617 e. The third-order valence-electron chi connectivity index (χ3n) is 7.24. The number of aliphatic hydroxyl groups is 2. The molecule has 0 bridgehead atoms. The molecule has 0 saturated heterocycles. The number of aliphatic hydroxyl groups excluding tert-OH is 1. The molecule has 0 radical (unpaired) electrons. The standard InChI is InChI=1S/C20H36O2/c1-6-19(4,22)13-10-16-15(2)8-9-17-18(3,14-21)11-7-12-20(16,17)5/h16-17,21-22H,2,6-14H2,1,3-5H3. The lowest BCUT2D eigenvalue weighted by Gasteiger charge is -2.58. The molecule has 0 aromatic rings. The van der Waals surface area contributed by atoms with Gasteiger partial charge >= 0.3 is 0 Å². The van der Waals surface area contributed by atoms with Crippen molar-refractivity contribution < 1.29 is 10.2 Å². The van der Waals surface area contributed by atoms with E-state index in [1.807, 2.05) is 6.92 Å². The maximum atomic E-state index is 10.4. The van der Waals surface area contributed by atoms with Gasteiger partial charge in [-0.05, 0) is 74.5 Å². The Morgan fingerprint density at radius 3 is 2.59 bits per heavy atom. The van der Waals surface area contributed by atoms with E-state index < -0.39 is 5.60 Å². The molecule has 128 valence electrons. The van der Waals surface area contributed by atoms with Crippen LogP contribution < -0.4 is 0 Å². The van der Waals surface area contributed by atoms with Crippen LogP contribution in [0.5, 0.6) is 0 Å². The van der Waals surface area contributed by atoms with Gasteiger partial charge in [0.2, 0.25) is 0 Å². The van der Waals surface area contributed by atoms with Crippen molar-refractivity contribution in [2.75, 3.05) is 6.61 Å². The fourth-order valence-electron chi connectivity index (χ4n) is 5.44. The first-order valence-electron chi connectivity index (χ1n) is 9.19. The lowest BCUT2D eigenvalue weighted by molar-refractivity contribution is -0.0899. The summed E-state index contributed by atoms with van der Waals surface area (Å²) >= 11 is 0. The van der Waals surface area contributed by atoms with Gasteiger partial charge in [0, 0.05) is 6.61 Å². The van der Waals surface area contributed by atoms with E-state index in [-0.39, 0.29) is 10.8 Å². The fraction of sp³-hybridized carbons (Fsp3) is 0.900. The Morgan fingerprint density at radius 2 is 2.00 bits per heavy atom. The van der Waals surface area contributed by atoms with Crippen molar-refractivity contribution in [2.45, 2.75) is 84.7 Å². The Morgan fingerprint density at radius 1 is 1.32 bits per heavy atom. The first-order valence-corrected chi connectivity index (χ1v) is 9.19. The van der Waals surface area contributed by atoms with E-state index in [4.69, 9.17) is 0 Å². The molecule has 5 unspecified atom stereocenters. The van der Waals surface area contributed by atoms with Crippen LogP contribution in [0.4, 0.5) is 0 Å². The fourth-order valence-corrected chi connectivity index (χ4v) is 5.44. The molecule has 2 nitrogen and oxygen atoms in total. The Balaban J connectivity index is 2.22. The molecule has 2 fully saturated rings. The zero-order chi connectivity index (χ0) is 16.6. The lowest BCUT2D eigenvalue weighted by atomic mass is 9.46. The van der Waals surface area contributed by atoms with Gasteiger partial charge in [-0.2, -0.15) is 0 Å². The Kier molecular flexibility index (Phi) is 5.14. The highest BCUT2D eigenvalue weighted by molar-refractivity contribution is 5.16. The minimum atomic E-state index is -0.557.